The number of aromatic nitrogens is 7. The van der Waals surface area contributed by atoms with Crippen LogP contribution in [0, 0.1) is 13.8 Å². The average molecular weight is 347 g/mol. The number of rotatable bonds is 3. The fourth-order valence-electron chi connectivity index (χ4n) is 3.84. The maximum atomic E-state index is 4.76. The molecule has 7 nitrogen and oxygen atoms in total. The highest BCUT2D eigenvalue weighted by Crippen LogP contribution is 2.54. The zero-order valence-corrected chi connectivity index (χ0v) is 15.4. The van der Waals surface area contributed by atoms with Gasteiger partial charge in [-0.15, -0.1) is 0 Å². The van der Waals surface area contributed by atoms with E-state index in [2.05, 4.69) is 29.3 Å². The van der Waals surface area contributed by atoms with E-state index in [-0.39, 0.29) is 0 Å². The largest absolute Gasteiger partial charge is 0.276 e. The second kappa shape index (κ2) is 5.27. The van der Waals surface area contributed by atoms with E-state index in [0.29, 0.717) is 11.8 Å². The van der Waals surface area contributed by atoms with Crippen LogP contribution in [-0.4, -0.2) is 34.2 Å². The third kappa shape index (κ3) is 2.34. The summed E-state index contributed by atoms with van der Waals surface area (Å²) in [5.74, 6) is 0.998. The Morgan fingerprint density at radius 2 is 1.88 bits per heavy atom. The molecule has 0 spiro atoms. The quantitative estimate of drug-likeness (QED) is 0.571. The summed E-state index contributed by atoms with van der Waals surface area (Å²) in [6, 6.07) is 6.25. The van der Waals surface area contributed by atoms with Gasteiger partial charge < -0.3 is 0 Å². The van der Waals surface area contributed by atoms with Crippen molar-refractivity contribution in [3.05, 3.63) is 53.2 Å². The van der Waals surface area contributed by atoms with E-state index < -0.39 is 0 Å². The first kappa shape index (κ1) is 15.3. The van der Waals surface area contributed by atoms with Gasteiger partial charge in [0, 0.05) is 43.7 Å². The van der Waals surface area contributed by atoms with Crippen LogP contribution in [0.15, 0.2) is 30.6 Å². The van der Waals surface area contributed by atoms with Gasteiger partial charge in [-0.25, -0.2) is 9.50 Å². The highest BCUT2D eigenvalue weighted by Gasteiger charge is 2.42. The standard InChI is InChI=1S/C19H21N7/c1-11-5-12(2)26-19(21-11)8-17(23-26)18-7-16(22-25(18)4)15-6-14(15)13-9-20-24(3)10-13/h5,7-10,14-15H,6H2,1-4H3/t14?,15-/m1/s1. The lowest BCUT2D eigenvalue weighted by molar-refractivity contribution is 0.743. The molecule has 0 bridgehead atoms. The number of aryl methyl sites for hydroxylation is 4. The van der Waals surface area contributed by atoms with Gasteiger partial charge in [-0.1, -0.05) is 0 Å². The molecule has 7 heteroatoms. The lowest BCUT2D eigenvalue weighted by Crippen LogP contribution is -1.98. The van der Waals surface area contributed by atoms with E-state index >= 15 is 0 Å². The lowest BCUT2D eigenvalue weighted by atomic mass is 10.1. The monoisotopic (exact) mass is 347 g/mol. The van der Waals surface area contributed by atoms with E-state index in [0.717, 1.165) is 40.5 Å². The van der Waals surface area contributed by atoms with Crippen molar-refractivity contribution in [1.82, 2.24) is 34.2 Å². The molecule has 0 radical (unpaired) electrons. The average Bonchev–Trinajstić information content (AvgIpc) is 2.90. The Morgan fingerprint density at radius 1 is 1.04 bits per heavy atom. The third-order valence-electron chi connectivity index (χ3n) is 5.22. The second-order valence-electron chi connectivity index (χ2n) is 7.31. The molecule has 1 aliphatic carbocycles. The molecule has 0 amide bonds. The van der Waals surface area contributed by atoms with Gasteiger partial charge in [0.15, 0.2) is 5.65 Å². The molecule has 0 aromatic carbocycles. The van der Waals surface area contributed by atoms with Crippen molar-refractivity contribution in [2.24, 2.45) is 14.1 Å². The molecular formula is C19H21N7. The number of fused-ring (bicyclic) bond motifs is 1. The van der Waals surface area contributed by atoms with Gasteiger partial charge in [0.1, 0.15) is 5.69 Å². The van der Waals surface area contributed by atoms with Crippen LogP contribution < -0.4 is 0 Å². The van der Waals surface area contributed by atoms with Crippen molar-refractivity contribution in [3.8, 4) is 11.4 Å². The predicted molar refractivity (Wildman–Crippen MR) is 98.0 cm³/mol. The van der Waals surface area contributed by atoms with Crippen molar-refractivity contribution in [2.75, 3.05) is 0 Å². The summed E-state index contributed by atoms with van der Waals surface area (Å²) in [6.45, 7) is 4.06. The highest BCUT2D eigenvalue weighted by molar-refractivity contribution is 5.62. The summed E-state index contributed by atoms with van der Waals surface area (Å²) >= 11 is 0. The third-order valence-corrected chi connectivity index (χ3v) is 5.22. The molecule has 1 unspecified atom stereocenters. The molecule has 1 aliphatic rings. The van der Waals surface area contributed by atoms with Crippen molar-refractivity contribution < 1.29 is 0 Å². The van der Waals surface area contributed by atoms with Crippen LogP contribution in [0.4, 0.5) is 0 Å². The van der Waals surface area contributed by atoms with Crippen LogP contribution in [0.3, 0.4) is 0 Å². The molecular weight excluding hydrogens is 326 g/mol. The molecule has 26 heavy (non-hydrogen) atoms. The maximum Gasteiger partial charge on any atom is 0.156 e. The van der Waals surface area contributed by atoms with Crippen molar-refractivity contribution in [3.63, 3.8) is 0 Å². The SMILES string of the molecule is Cc1cc(C)n2nc(-c3cc([C@@H]4CC4c4cnn(C)c4)nn3C)cc2n1. The Balaban J connectivity index is 1.49. The molecule has 4 heterocycles. The number of nitrogens with zero attached hydrogens (tertiary/aromatic N) is 7. The van der Waals surface area contributed by atoms with Crippen LogP contribution in [-0.2, 0) is 14.1 Å². The summed E-state index contributed by atoms with van der Waals surface area (Å²) < 4.78 is 5.69. The van der Waals surface area contributed by atoms with E-state index in [1.807, 2.05) is 53.2 Å². The van der Waals surface area contributed by atoms with E-state index in [4.69, 9.17) is 10.2 Å². The number of hydrogen-bond donors (Lipinski definition) is 0. The minimum Gasteiger partial charge on any atom is -0.276 e. The van der Waals surface area contributed by atoms with E-state index in [9.17, 15) is 0 Å². The van der Waals surface area contributed by atoms with Gasteiger partial charge in [0.25, 0.3) is 0 Å². The first-order valence-corrected chi connectivity index (χ1v) is 8.86. The highest BCUT2D eigenvalue weighted by atomic mass is 15.3. The van der Waals surface area contributed by atoms with Gasteiger partial charge >= 0.3 is 0 Å². The van der Waals surface area contributed by atoms with Gasteiger partial charge in [-0.05, 0) is 43.9 Å². The zero-order chi connectivity index (χ0) is 18.0. The van der Waals surface area contributed by atoms with Crippen LogP contribution >= 0.6 is 0 Å². The normalized spacial score (nSPS) is 19.4. The first-order chi connectivity index (χ1) is 12.5. The van der Waals surface area contributed by atoms with Gasteiger partial charge in [-0.2, -0.15) is 15.3 Å². The predicted octanol–water partition coefficient (Wildman–Crippen LogP) is 2.75. The summed E-state index contributed by atoms with van der Waals surface area (Å²) in [7, 11) is 3.94. The Kier molecular flexibility index (Phi) is 3.10. The first-order valence-electron chi connectivity index (χ1n) is 8.86. The Bertz CT molecular complexity index is 1130. The topological polar surface area (TPSA) is 65.8 Å². The Morgan fingerprint density at radius 3 is 2.65 bits per heavy atom. The van der Waals surface area contributed by atoms with Crippen LogP contribution in [0.25, 0.3) is 17.0 Å². The maximum absolute atomic E-state index is 4.76. The van der Waals surface area contributed by atoms with Gasteiger partial charge in [-0.3, -0.25) is 9.36 Å². The summed E-state index contributed by atoms with van der Waals surface area (Å²) in [5.41, 5.74) is 7.33. The molecule has 1 saturated carbocycles. The molecule has 0 saturated heterocycles. The number of hydrogen-bond acceptors (Lipinski definition) is 4. The summed E-state index contributed by atoms with van der Waals surface area (Å²) in [6.07, 6.45) is 5.20. The molecule has 0 N–H and O–H groups in total. The molecule has 1 fully saturated rings. The van der Waals surface area contributed by atoms with Crippen LogP contribution in [0.5, 0.6) is 0 Å². The zero-order valence-electron chi connectivity index (χ0n) is 15.4. The molecule has 5 rings (SSSR count). The smallest absolute Gasteiger partial charge is 0.156 e. The van der Waals surface area contributed by atoms with Crippen LogP contribution in [0.1, 0.15) is 40.9 Å². The lowest BCUT2D eigenvalue weighted by Gasteiger charge is -1.99. The molecule has 2 atom stereocenters. The summed E-state index contributed by atoms with van der Waals surface area (Å²) in [5, 5.41) is 13.8. The van der Waals surface area contributed by atoms with Gasteiger partial charge in [0.05, 0.1) is 17.6 Å². The van der Waals surface area contributed by atoms with Crippen LogP contribution in [0.2, 0.25) is 0 Å². The van der Waals surface area contributed by atoms with Crippen molar-refractivity contribution in [2.45, 2.75) is 32.1 Å². The fourth-order valence-corrected chi connectivity index (χ4v) is 3.84. The Hall–Kier alpha value is -2.96. The fraction of sp³-hybridized carbons (Fsp3) is 0.368. The Labute approximate surface area is 151 Å². The van der Waals surface area contributed by atoms with Crippen molar-refractivity contribution >= 4 is 5.65 Å². The molecule has 0 aliphatic heterocycles. The minimum absolute atomic E-state index is 0.471. The second-order valence-corrected chi connectivity index (χ2v) is 7.31. The minimum atomic E-state index is 0.471. The van der Waals surface area contributed by atoms with Gasteiger partial charge in [0.2, 0.25) is 0 Å². The van der Waals surface area contributed by atoms with Crippen molar-refractivity contribution in [1.29, 1.82) is 0 Å². The molecule has 4 aromatic heterocycles. The molecule has 132 valence electrons. The van der Waals surface area contributed by atoms with E-state index in [1.165, 1.54) is 5.56 Å². The summed E-state index contributed by atoms with van der Waals surface area (Å²) in [4.78, 5) is 4.58. The van der Waals surface area contributed by atoms with E-state index in [1.54, 1.807) is 0 Å². The molecule has 4 aromatic rings.